The molecule has 0 saturated carbocycles. The van der Waals surface area contributed by atoms with Crippen molar-refractivity contribution in [2.75, 3.05) is 11.1 Å². The lowest BCUT2D eigenvalue weighted by Gasteiger charge is -2.10. The van der Waals surface area contributed by atoms with Crippen LogP contribution in [0.1, 0.15) is 52.9 Å². The number of aromatic nitrogens is 1. The van der Waals surface area contributed by atoms with Gasteiger partial charge in [-0.1, -0.05) is 38.1 Å². The predicted molar refractivity (Wildman–Crippen MR) is 117 cm³/mol. The van der Waals surface area contributed by atoms with E-state index >= 15 is 0 Å². The Morgan fingerprint density at radius 3 is 2.29 bits per heavy atom. The second-order valence-electron chi connectivity index (χ2n) is 7.38. The number of nitrogen functional groups attached to an aromatic ring is 1. The lowest BCUT2D eigenvalue weighted by molar-refractivity contribution is 0.102. The zero-order valence-electron chi connectivity index (χ0n) is 16.2. The van der Waals surface area contributed by atoms with E-state index in [1.807, 2.05) is 48.5 Å². The van der Waals surface area contributed by atoms with Crippen LogP contribution in [0.4, 0.5) is 11.4 Å². The quantitative estimate of drug-likeness (QED) is 0.510. The standard InChI is InChI=1S/C22H26N4OS/c1-14(2)11-19(24)22-26-20(13-28-22)21(27)25-18-9-5-16(6-10-18)12-15-3-7-17(23)8-4-15/h3-10,13-14,19H,11-12,23-24H2,1-2H3,(H,25,27). The molecular formula is C22H26N4OS. The maximum absolute atomic E-state index is 12.5. The molecule has 0 spiro atoms. The van der Waals surface area contributed by atoms with E-state index in [-0.39, 0.29) is 11.9 Å². The number of nitrogens with one attached hydrogen (secondary N) is 1. The van der Waals surface area contributed by atoms with Gasteiger partial charge in [-0.3, -0.25) is 4.79 Å². The Labute approximate surface area is 169 Å². The maximum atomic E-state index is 12.5. The summed E-state index contributed by atoms with van der Waals surface area (Å²) in [4.78, 5) is 16.9. The maximum Gasteiger partial charge on any atom is 0.275 e. The van der Waals surface area contributed by atoms with Gasteiger partial charge in [-0.25, -0.2) is 4.98 Å². The number of nitrogens with zero attached hydrogens (tertiary/aromatic N) is 1. The molecule has 5 nitrogen and oxygen atoms in total. The van der Waals surface area contributed by atoms with Gasteiger partial charge in [0.2, 0.25) is 0 Å². The first-order valence-electron chi connectivity index (χ1n) is 9.36. The molecule has 146 valence electrons. The van der Waals surface area contributed by atoms with Gasteiger partial charge < -0.3 is 16.8 Å². The number of carbonyl (C=O) groups is 1. The molecule has 0 aliphatic rings. The van der Waals surface area contributed by atoms with Crippen LogP contribution in [-0.2, 0) is 6.42 Å². The van der Waals surface area contributed by atoms with Crippen LogP contribution in [-0.4, -0.2) is 10.9 Å². The van der Waals surface area contributed by atoms with Gasteiger partial charge in [0.05, 0.1) is 6.04 Å². The Morgan fingerprint density at radius 2 is 1.68 bits per heavy atom. The molecule has 1 heterocycles. The van der Waals surface area contributed by atoms with Gasteiger partial charge in [0.1, 0.15) is 10.7 Å². The molecule has 3 aromatic rings. The van der Waals surface area contributed by atoms with Crippen LogP contribution in [0.2, 0.25) is 0 Å². The van der Waals surface area contributed by atoms with Gasteiger partial charge in [0.25, 0.3) is 5.91 Å². The smallest absolute Gasteiger partial charge is 0.275 e. The molecule has 0 aliphatic carbocycles. The van der Waals surface area contributed by atoms with Crippen molar-refractivity contribution < 1.29 is 4.79 Å². The van der Waals surface area contributed by atoms with Crippen LogP contribution in [0.15, 0.2) is 53.9 Å². The minimum Gasteiger partial charge on any atom is -0.399 e. The van der Waals surface area contributed by atoms with E-state index in [0.29, 0.717) is 11.6 Å². The highest BCUT2D eigenvalue weighted by Gasteiger charge is 2.16. The summed E-state index contributed by atoms with van der Waals surface area (Å²) in [6.45, 7) is 4.25. The summed E-state index contributed by atoms with van der Waals surface area (Å²) in [5.74, 6) is 0.272. The Hall–Kier alpha value is -2.70. The van der Waals surface area contributed by atoms with Gasteiger partial charge in [-0.15, -0.1) is 11.3 Å². The third kappa shape index (κ3) is 5.41. The number of amides is 1. The van der Waals surface area contributed by atoms with Gasteiger partial charge >= 0.3 is 0 Å². The highest BCUT2D eigenvalue weighted by Crippen LogP contribution is 2.23. The molecule has 0 saturated heterocycles. The first kappa shape index (κ1) is 20.0. The highest BCUT2D eigenvalue weighted by molar-refractivity contribution is 7.09. The Morgan fingerprint density at radius 1 is 1.07 bits per heavy atom. The first-order valence-corrected chi connectivity index (χ1v) is 10.2. The average molecular weight is 395 g/mol. The number of carbonyl (C=O) groups excluding carboxylic acids is 1. The van der Waals surface area contributed by atoms with E-state index < -0.39 is 0 Å². The second kappa shape index (κ2) is 8.99. The predicted octanol–water partition coefficient (Wildman–Crippen LogP) is 4.61. The zero-order valence-corrected chi connectivity index (χ0v) is 17.0. The molecule has 3 rings (SSSR count). The molecule has 1 aromatic heterocycles. The molecule has 2 aromatic carbocycles. The SMILES string of the molecule is CC(C)CC(N)c1nc(C(=O)Nc2ccc(Cc3ccc(N)cc3)cc2)cs1. The molecule has 1 atom stereocenters. The van der Waals surface area contributed by atoms with Crippen LogP contribution >= 0.6 is 11.3 Å². The number of benzene rings is 2. The van der Waals surface area contributed by atoms with Crippen molar-refractivity contribution in [3.05, 3.63) is 75.7 Å². The molecule has 6 heteroatoms. The number of hydrogen-bond donors (Lipinski definition) is 3. The fraction of sp³-hybridized carbons (Fsp3) is 0.273. The summed E-state index contributed by atoms with van der Waals surface area (Å²) in [6, 6.07) is 15.6. The lowest BCUT2D eigenvalue weighted by atomic mass is 10.0. The molecular weight excluding hydrogens is 368 g/mol. The Bertz CT molecular complexity index is 916. The highest BCUT2D eigenvalue weighted by atomic mass is 32.1. The van der Waals surface area contributed by atoms with Crippen molar-refractivity contribution in [2.24, 2.45) is 11.7 Å². The van der Waals surface area contributed by atoms with Crippen molar-refractivity contribution in [1.82, 2.24) is 4.98 Å². The molecule has 0 bridgehead atoms. The van der Waals surface area contributed by atoms with Gasteiger partial charge in [-0.2, -0.15) is 0 Å². The van der Waals surface area contributed by atoms with Crippen molar-refractivity contribution >= 4 is 28.6 Å². The third-order valence-corrected chi connectivity index (χ3v) is 5.37. The van der Waals surface area contributed by atoms with Gasteiger partial charge in [0, 0.05) is 16.8 Å². The number of anilines is 2. The van der Waals surface area contributed by atoms with E-state index in [1.54, 1.807) is 5.38 Å². The summed E-state index contributed by atoms with van der Waals surface area (Å²) in [5, 5.41) is 5.47. The lowest BCUT2D eigenvalue weighted by Crippen LogP contribution is -2.15. The van der Waals surface area contributed by atoms with Crippen LogP contribution < -0.4 is 16.8 Å². The molecule has 1 amide bonds. The van der Waals surface area contributed by atoms with Crippen molar-refractivity contribution in [3.8, 4) is 0 Å². The fourth-order valence-electron chi connectivity index (χ4n) is 2.94. The molecule has 0 fully saturated rings. The topological polar surface area (TPSA) is 94.0 Å². The van der Waals surface area contributed by atoms with Gasteiger partial charge in [-0.05, 0) is 54.2 Å². The van der Waals surface area contributed by atoms with Crippen molar-refractivity contribution in [1.29, 1.82) is 0 Å². The molecule has 0 radical (unpaired) electrons. The average Bonchev–Trinajstić information content (AvgIpc) is 3.15. The largest absolute Gasteiger partial charge is 0.399 e. The number of rotatable bonds is 7. The third-order valence-electron chi connectivity index (χ3n) is 4.40. The molecule has 5 N–H and O–H groups in total. The number of thiazole rings is 1. The summed E-state index contributed by atoms with van der Waals surface area (Å²) < 4.78 is 0. The van der Waals surface area contributed by atoms with Crippen LogP contribution in [0.25, 0.3) is 0 Å². The van der Waals surface area contributed by atoms with Crippen LogP contribution in [0.3, 0.4) is 0 Å². The van der Waals surface area contributed by atoms with E-state index in [2.05, 4.69) is 24.1 Å². The molecule has 0 aliphatic heterocycles. The summed E-state index contributed by atoms with van der Waals surface area (Å²) in [5.41, 5.74) is 16.2. The zero-order chi connectivity index (χ0) is 20.1. The van der Waals surface area contributed by atoms with Crippen molar-refractivity contribution in [3.63, 3.8) is 0 Å². The first-order chi connectivity index (χ1) is 13.4. The van der Waals surface area contributed by atoms with Crippen molar-refractivity contribution in [2.45, 2.75) is 32.7 Å². The molecule has 1 unspecified atom stereocenters. The number of hydrogen-bond acceptors (Lipinski definition) is 5. The van der Waals surface area contributed by atoms with E-state index in [9.17, 15) is 4.79 Å². The van der Waals surface area contributed by atoms with Crippen LogP contribution in [0.5, 0.6) is 0 Å². The Balaban J connectivity index is 1.60. The van der Waals surface area contributed by atoms with Gasteiger partial charge in [0.15, 0.2) is 0 Å². The van der Waals surface area contributed by atoms with E-state index in [1.165, 1.54) is 22.5 Å². The van der Waals surface area contributed by atoms with E-state index in [4.69, 9.17) is 11.5 Å². The normalized spacial score (nSPS) is 12.1. The summed E-state index contributed by atoms with van der Waals surface area (Å²) in [6.07, 6.45) is 1.67. The Kier molecular flexibility index (Phi) is 6.44. The summed E-state index contributed by atoms with van der Waals surface area (Å²) >= 11 is 1.44. The fourth-order valence-corrected chi connectivity index (χ4v) is 3.76. The monoisotopic (exact) mass is 394 g/mol. The minimum absolute atomic E-state index is 0.126. The second-order valence-corrected chi connectivity index (χ2v) is 8.27. The number of nitrogens with two attached hydrogens (primary N) is 2. The minimum atomic E-state index is -0.217. The summed E-state index contributed by atoms with van der Waals surface area (Å²) in [7, 11) is 0. The molecule has 28 heavy (non-hydrogen) atoms. The van der Waals surface area contributed by atoms with E-state index in [0.717, 1.165) is 29.2 Å². The van der Waals surface area contributed by atoms with Crippen LogP contribution in [0, 0.1) is 5.92 Å².